The number of amidine groups is 1. The summed E-state index contributed by atoms with van der Waals surface area (Å²) in [6, 6.07) is 6.10. The Hall–Kier alpha value is -2.61. The van der Waals surface area contributed by atoms with Crippen LogP contribution < -0.4 is 4.74 Å². The molecule has 0 radical (unpaired) electrons. The van der Waals surface area contributed by atoms with Gasteiger partial charge in [-0.15, -0.1) is 0 Å². The van der Waals surface area contributed by atoms with Crippen molar-refractivity contribution in [1.29, 1.82) is 0 Å². The van der Waals surface area contributed by atoms with Crippen molar-refractivity contribution in [3.63, 3.8) is 0 Å². The van der Waals surface area contributed by atoms with Crippen LogP contribution in [0.4, 0.5) is 0 Å². The number of amides is 1. The molecule has 0 saturated carbocycles. The molecule has 1 aromatic rings. The van der Waals surface area contributed by atoms with Crippen LogP contribution in [0.3, 0.4) is 0 Å². The van der Waals surface area contributed by atoms with Crippen LogP contribution in [0.1, 0.15) is 31.9 Å². The molecule has 26 heavy (non-hydrogen) atoms. The molecule has 7 nitrogen and oxygen atoms in total. The fourth-order valence-electron chi connectivity index (χ4n) is 2.97. The lowest BCUT2D eigenvalue weighted by Gasteiger charge is -2.38. The van der Waals surface area contributed by atoms with Crippen molar-refractivity contribution in [2.24, 2.45) is 4.99 Å². The van der Waals surface area contributed by atoms with Crippen molar-refractivity contribution in [2.45, 2.75) is 26.3 Å². The fourth-order valence-corrected chi connectivity index (χ4v) is 3.97. The number of esters is 2. The first-order chi connectivity index (χ1) is 12.4. The van der Waals surface area contributed by atoms with Gasteiger partial charge in [-0.1, -0.05) is 23.9 Å². The lowest BCUT2D eigenvalue weighted by atomic mass is 9.94. The van der Waals surface area contributed by atoms with Crippen LogP contribution in [0, 0.1) is 0 Å². The van der Waals surface area contributed by atoms with E-state index in [-0.39, 0.29) is 5.91 Å². The SMILES string of the molecule is COC(=O)C1=C(C)N=C2SCCC(=O)N2[C@H]1c1ccc(OC(C)=O)cc1. The maximum Gasteiger partial charge on any atom is 0.338 e. The lowest BCUT2D eigenvalue weighted by Crippen LogP contribution is -2.45. The molecule has 1 fully saturated rings. The van der Waals surface area contributed by atoms with Crippen LogP contribution in [0.25, 0.3) is 0 Å². The number of benzene rings is 1. The average Bonchev–Trinajstić information content (AvgIpc) is 2.60. The molecule has 136 valence electrons. The first-order valence-electron chi connectivity index (χ1n) is 8.03. The Bertz CT molecular complexity index is 828. The molecule has 2 aliphatic rings. The molecular weight excluding hydrogens is 356 g/mol. The smallest absolute Gasteiger partial charge is 0.338 e. The molecule has 0 unspecified atom stereocenters. The first-order valence-corrected chi connectivity index (χ1v) is 9.02. The van der Waals surface area contributed by atoms with Gasteiger partial charge in [0.05, 0.1) is 24.4 Å². The van der Waals surface area contributed by atoms with Crippen molar-refractivity contribution in [3.8, 4) is 5.75 Å². The van der Waals surface area contributed by atoms with Crippen LogP contribution in [0.5, 0.6) is 5.75 Å². The Morgan fingerprint density at radius 3 is 2.58 bits per heavy atom. The zero-order valence-corrected chi connectivity index (χ0v) is 15.5. The van der Waals surface area contributed by atoms with Crippen molar-refractivity contribution in [1.82, 2.24) is 4.90 Å². The number of fused-ring (bicyclic) bond motifs is 1. The topological polar surface area (TPSA) is 85.3 Å². The number of allylic oxidation sites excluding steroid dienone is 1. The van der Waals surface area contributed by atoms with Crippen LogP contribution >= 0.6 is 11.8 Å². The van der Waals surface area contributed by atoms with E-state index in [1.54, 1.807) is 36.1 Å². The van der Waals surface area contributed by atoms with E-state index in [1.807, 2.05) is 0 Å². The summed E-state index contributed by atoms with van der Waals surface area (Å²) in [5.41, 5.74) is 1.57. The number of thioether (sulfide) groups is 1. The van der Waals surface area contributed by atoms with Gasteiger partial charge in [-0.2, -0.15) is 0 Å². The third kappa shape index (κ3) is 3.37. The van der Waals surface area contributed by atoms with E-state index in [4.69, 9.17) is 9.47 Å². The number of rotatable bonds is 3. The summed E-state index contributed by atoms with van der Waals surface area (Å²) in [5.74, 6) is 0.0184. The largest absolute Gasteiger partial charge is 0.466 e. The van der Waals surface area contributed by atoms with Crippen molar-refractivity contribution < 1.29 is 23.9 Å². The minimum absolute atomic E-state index is 0.0922. The van der Waals surface area contributed by atoms with Crippen LogP contribution in [0.2, 0.25) is 0 Å². The van der Waals surface area contributed by atoms with Crippen molar-refractivity contribution in [2.75, 3.05) is 12.9 Å². The molecular formula is C18H18N2O5S. The quantitative estimate of drug-likeness (QED) is 0.597. The molecule has 1 amide bonds. The number of nitrogens with zero attached hydrogens (tertiary/aromatic N) is 2. The van der Waals surface area contributed by atoms with Gasteiger partial charge in [0.15, 0.2) is 5.17 Å². The van der Waals surface area contributed by atoms with Crippen LogP contribution in [-0.2, 0) is 19.1 Å². The number of aliphatic imine (C=N–C) groups is 1. The number of hydrogen-bond acceptors (Lipinski definition) is 7. The molecule has 1 atom stereocenters. The Labute approximate surface area is 155 Å². The summed E-state index contributed by atoms with van der Waals surface area (Å²) in [7, 11) is 1.30. The summed E-state index contributed by atoms with van der Waals surface area (Å²) in [6.07, 6.45) is 0.374. The van der Waals surface area contributed by atoms with E-state index in [2.05, 4.69) is 4.99 Å². The van der Waals surface area contributed by atoms with Gasteiger partial charge in [-0.25, -0.2) is 9.79 Å². The van der Waals surface area contributed by atoms with E-state index in [9.17, 15) is 14.4 Å². The van der Waals surface area contributed by atoms with Crippen molar-refractivity contribution in [3.05, 3.63) is 41.1 Å². The molecule has 0 aliphatic carbocycles. The molecule has 0 aromatic heterocycles. The average molecular weight is 374 g/mol. The fraction of sp³-hybridized carbons (Fsp3) is 0.333. The molecule has 3 rings (SSSR count). The monoisotopic (exact) mass is 374 g/mol. The molecule has 0 spiro atoms. The standard InChI is InChI=1S/C18H18N2O5S/c1-10-15(17(23)24-3)16(20-14(22)8-9-26-18(20)19-10)12-4-6-13(7-5-12)25-11(2)21/h4-7,16H,8-9H2,1-3H3/t16-/m0/s1. The highest BCUT2D eigenvalue weighted by Gasteiger charge is 2.41. The zero-order valence-electron chi connectivity index (χ0n) is 14.6. The molecule has 0 N–H and O–H groups in total. The van der Waals surface area contributed by atoms with Gasteiger partial charge in [-0.05, 0) is 24.6 Å². The summed E-state index contributed by atoms with van der Waals surface area (Å²) < 4.78 is 9.97. The second-order valence-corrected chi connectivity index (χ2v) is 6.87. The van der Waals surface area contributed by atoms with Gasteiger partial charge >= 0.3 is 11.9 Å². The molecule has 2 heterocycles. The first kappa shape index (κ1) is 18.2. The Kier molecular flexibility index (Phi) is 5.13. The summed E-state index contributed by atoms with van der Waals surface area (Å²) >= 11 is 1.49. The van der Waals surface area contributed by atoms with Gasteiger partial charge in [-0.3, -0.25) is 14.5 Å². The minimum Gasteiger partial charge on any atom is -0.466 e. The van der Waals surface area contributed by atoms with Gasteiger partial charge in [0.2, 0.25) is 5.91 Å². The van der Waals surface area contributed by atoms with Gasteiger partial charge in [0.1, 0.15) is 5.75 Å². The number of ether oxygens (including phenoxy) is 2. The second kappa shape index (κ2) is 7.33. The van der Waals surface area contributed by atoms with E-state index in [1.165, 1.54) is 25.8 Å². The van der Waals surface area contributed by atoms with Gasteiger partial charge in [0.25, 0.3) is 0 Å². The van der Waals surface area contributed by atoms with E-state index < -0.39 is 18.0 Å². The van der Waals surface area contributed by atoms with Gasteiger partial charge in [0, 0.05) is 19.1 Å². The predicted octanol–water partition coefficient (Wildman–Crippen LogP) is 2.44. The number of carbonyl (C=O) groups excluding carboxylic acids is 3. The lowest BCUT2D eigenvalue weighted by molar-refractivity contribution is -0.137. The van der Waals surface area contributed by atoms with Gasteiger partial charge < -0.3 is 9.47 Å². The molecule has 2 aliphatic heterocycles. The van der Waals surface area contributed by atoms with Crippen LogP contribution in [0.15, 0.2) is 40.5 Å². The highest BCUT2D eigenvalue weighted by molar-refractivity contribution is 8.14. The molecule has 0 bridgehead atoms. The Morgan fingerprint density at radius 1 is 1.27 bits per heavy atom. The number of hydrogen-bond donors (Lipinski definition) is 0. The Morgan fingerprint density at radius 2 is 1.96 bits per heavy atom. The van der Waals surface area contributed by atoms with Crippen molar-refractivity contribution >= 4 is 34.8 Å². The number of methoxy groups -OCH3 is 1. The summed E-state index contributed by atoms with van der Waals surface area (Å²) in [4.78, 5) is 42.0. The maximum absolute atomic E-state index is 12.6. The third-order valence-corrected chi connectivity index (χ3v) is 5.02. The highest BCUT2D eigenvalue weighted by atomic mass is 32.2. The second-order valence-electron chi connectivity index (χ2n) is 5.81. The normalized spacial score (nSPS) is 19.7. The summed E-state index contributed by atoms with van der Waals surface area (Å²) in [6.45, 7) is 3.05. The molecule has 8 heteroatoms. The van der Waals surface area contributed by atoms with E-state index >= 15 is 0 Å². The third-order valence-electron chi connectivity index (χ3n) is 4.07. The van der Waals surface area contributed by atoms with E-state index in [0.717, 1.165) is 0 Å². The number of carbonyl (C=O) groups is 3. The highest BCUT2D eigenvalue weighted by Crippen LogP contribution is 2.40. The molecule has 1 aromatic carbocycles. The van der Waals surface area contributed by atoms with Crippen LogP contribution in [-0.4, -0.2) is 40.8 Å². The Balaban J connectivity index is 2.07. The van der Waals surface area contributed by atoms with E-state index in [0.29, 0.717) is 39.9 Å². The molecule has 1 saturated heterocycles. The summed E-state index contributed by atoms with van der Waals surface area (Å²) in [5, 5.41) is 0.584. The minimum atomic E-state index is -0.623. The zero-order chi connectivity index (χ0) is 18.8. The predicted molar refractivity (Wildman–Crippen MR) is 96.6 cm³/mol. The maximum atomic E-state index is 12.6.